The van der Waals surface area contributed by atoms with E-state index >= 15 is 4.79 Å². The average Bonchev–Trinajstić information content (AvgIpc) is 3.16. The lowest BCUT2D eigenvalue weighted by atomic mass is 9.71. The van der Waals surface area contributed by atoms with Gasteiger partial charge >= 0.3 is 5.97 Å². The van der Waals surface area contributed by atoms with Gasteiger partial charge in [0, 0.05) is 31.7 Å². The van der Waals surface area contributed by atoms with Gasteiger partial charge in [-0.15, -0.1) is 0 Å². The highest BCUT2D eigenvalue weighted by Gasteiger charge is 2.53. The molecule has 314 valence electrons. The van der Waals surface area contributed by atoms with E-state index in [0.717, 1.165) is 44.5 Å². The van der Waals surface area contributed by atoms with Gasteiger partial charge in [-0.05, 0) is 124 Å². The molecule has 3 aliphatic rings. The summed E-state index contributed by atoms with van der Waals surface area (Å²) in [4.78, 5) is 36.6. The summed E-state index contributed by atoms with van der Waals surface area (Å²) >= 11 is 0. The Kier molecular flexibility index (Phi) is 17.6. The number of hydrogen-bond acceptors (Lipinski definition) is 10. The van der Waals surface area contributed by atoms with E-state index in [4.69, 9.17) is 18.9 Å². The van der Waals surface area contributed by atoms with Gasteiger partial charge in [-0.25, -0.2) is 0 Å². The molecule has 55 heavy (non-hydrogen) atoms. The Bertz CT molecular complexity index is 1310. The number of hydrogen-bond donors (Lipinski definition) is 1. The number of methoxy groups -OCH3 is 1. The van der Waals surface area contributed by atoms with Gasteiger partial charge < -0.3 is 33.9 Å². The van der Waals surface area contributed by atoms with E-state index in [-0.39, 0.29) is 42.9 Å². The number of likely N-dealkylation sites (N-methyl/N-ethyl adjacent to an activating group) is 2. The number of ether oxygens (including phenoxy) is 4. The van der Waals surface area contributed by atoms with Crippen LogP contribution in [0, 0.1) is 23.2 Å². The monoisotopic (exact) mass is 772 g/mol. The molecule has 1 N–H and O–H groups in total. The van der Waals surface area contributed by atoms with Crippen LogP contribution in [-0.4, -0.2) is 135 Å². The topological polar surface area (TPSA) is 101 Å². The highest BCUT2D eigenvalue weighted by Crippen LogP contribution is 2.40. The van der Waals surface area contributed by atoms with Crippen LogP contribution < -0.4 is 0 Å². The van der Waals surface area contributed by atoms with Crippen molar-refractivity contribution in [3.63, 3.8) is 0 Å². The molecule has 0 spiro atoms. The lowest BCUT2D eigenvalue weighted by Crippen LogP contribution is -2.59. The first-order chi connectivity index (χ1) is 26.1. The fraction of sp³-hybridized carbons (Fsp3) is 0.822. The fourth-order valence-corrected chi connectivity index (χ4v) is 9.68. The Labute approximate surface area is 333 Å². The van der Waals surface area contributed by atoms with Crippen molar-refractivity contribution >= 4 is 11.8 Å². The first-order valence-electron chi connectivity index (χ1n) is 21.5. The molecule has 3 fully saturated rings. The van der Waals surface area contributed by atoms with Crippen LogP contribution in [0.2, 0.25) is 0 Å². The van der Waals surface area contributed by atoms with Crippen molar-refractivity contribution in [2.45, 2.75) is 154 Å². The Balaban J connectivity index is 1.63. The summed E-state index contributed by atoms with van der Waals surface area (Å²) in [5.74, 6) is -0.877. The molecule has 1 aromatic carbocycles. The number of carbonyl (C=O) groups is 2. The van der Waals surface area contributed by atoms with Crippen LogP contribution in [0.15, 0.2) is 30.3 Å². The van der Waals surface area contributed by atoms with Crippen molar-refractivity contribution in [3.8, 4) is 0 Å². The maximum atomic E-state index is 15.1. The number of benzene rings is 1. The lowest BCUT2D eigenvalue weighted by molar-refractivity contribution is -0.295. The highest BCUT2D eigenvalue weighted by molar-refractivity contribution is 6.05. The van der Waals surface area contributed by atoms with Gasteiger partial charge in [-0.3, -0.25) is 14.5 Å². The average molecular weight is 772 g/mol. The predicted octanol–water partition coefficient (Wildman–Crippen LogP) is 6.61. The summed E-state index contributed by atoms with van der Waals surface area (Å²) in [6.45, 7) is 16.4. The standard InChI is InChI=1S/C45H77N3O7/c1-11-12-13-14-18-23-48-24-21-35(22-25-48)27-37-31-53-43(51)44(5,29-36-19-16-15-17-20-36)40(50)34(4)41(45(6,52-10)28-32(2)30-47(37)9)55-42-39(49)38(46(7)8)26-33(3)54-42/h15-17,19-20,32-35,37-39,41-42,49H,11-14,18,21-31H2,1-10H3/t32-,33-,34+,37-,38+,39-,41-,42+,44+,45-/m1/s1. The molecular formula is C45H77N3O7. The van der Waals surface area contributed by atoms with Crippen molar-refractivity contribution in [3.05, 3.63) is 35.9 Å². The minimum atomic E-state index is -1.49. The number of unbranched alkanes of at least 4 members (excludes halogenated alkanes) is 4. The Morgan fingerprint density at radius 3 is 2.31 bits per heavy atom. The molecule has 3 heterocycles. The molecule has 0 amide bonds. The molecule has 3 saturated heterocycles. The van der Waals surface area contributed by atoms with E-state index in [9.17, 15) is 9.90 Å². The normalized spacial score (nSPS) is 35.6. The number of nitrogens with zero attached hydrogens (tertiary/aromatic N) is 3. The Morgan fingerprint density at radius 1 is 1.00 bits per heavy atom. The second-order valence-corrected chi connectivity index (χ2v) is 18.2. The van der Waals surface area contributed by atoms with Gasteiger partial charge in [0.15, 0.2) is 12.1 Å². The van der Waals surface area contributed by atoms with Crippen LogP contribution in [0.3, 0.4) is 0 Å². The number of cyclic esters (lactones) is 1. The number of ketones is 1. The first kappa shape index (κ1) is 45.8. The van der Waals surface area contributed by atoms with Crippen LogP contribution in [0.5, 0.6) is 0 Å². The largest absolute Gasteiger partial charge is 0.463 e. The number of aliphatic hydroxyl groups is 1. The van der Waals surface area contributed by atoms with Crippen LogP contribution in [-0.2, 0) is 35.0 Å². The maximum Gasteiger partial charge on any atom is 0.319 e. The zero-order chi connectivity index (χ0) is 40.3. The molecule has 4 rings (SSSR count). The molecule has 0 aromatic heterocycles. The van der Waals surface area contributed by atoms with E-state index in [2.05, 4.69) is 30.7 Å². The Hall–Kier alpha value is -1.92. The number of aliphatic hydroxyl groups excluding tert-OH is 1. The molecule has 10 nitrogen and oxygen atoms in total. The third kappa shape index (κ3) is 12.3. The smallest absolute Gasteiger partial charge is 0.319 e. The number of likely N-dealkylation sites (tertiary alicyclic amines) is 1. The third-order valence-electron chi connectivity index (χ3n) is 13.2. The minimum absolute atomic E-state index is 0.0161. The summed E-state index contributed by atoms with van der Waals surface area (Å²) in [6.07, 6.45) is 8.28. The summed E-state index contributed by atoms with van der Waals surface area (Å²) in [5, 5.41) is 11.6. The highest BCUT2D eigenvalue weighted by atomic mass is 16.7. The summed E-state index contributed by atoms with van der Waals surface area (Å²) < 4.78 is 25.8. The molecule has 3 aliphatic heterocycles. The molecule has 10 heteroatoms. The number of Topliss-reactive ketones (excluding diaryl/α,β-unsaturated/α-hetero) is 1. The fourth-order valence-electron chi connectivity index (χ4n) is 9.68. The maximum absolute atomic E-state index is 15.1. The third-order valence-corrected chi connectivity index (χ3v) is 13.2. The SMILES string of the molecule is CCCCCCCN1CCC(C[C@@H]2COC(=O)[C@@](C)(Cc3ccccc3)C(=O)[C@H](C)[C@@H](O[C@@H]3O[C@H](C)C[C@H](N(C)C)[C@H]3O)[C@](C)(OC)C[C@@H](C)CN2C)CC1. The number of rotatable bonds is 14. The summed E-state index contributed by atoms with van der Waals surface area (Å²) in [5.41, 5.74) is -1.56. The molecule has 1 aromatic rings. The number of esters is 1. The molecular weight excluding hydrogens is 695 g/mol. The van der Waals surface area contributed by atoms with Crippen LogP contribution in [0.1, 0.15) is 111 Å². The number of piperidine rings is 1. The molecule has 0 saturated carbocycles. The van der Waals surface area contributed by atoms with Gasteiger partial charge in [0.25, 0.3) is 0 Å². The van der Waals surface area contributed by atoms with Gasteiger partial charge in [0.2, 0.25) is 0 Å². The van der Waals surface area contributed by atoms with Gasteiger partial charge in [0.05, 0.1) is 17.8 Å². The van der Waals surface area contributed by atoms with Gasteiger partial charge in [-0.1, -0.05) is 76.8 Å². The van der Waals surface area contributed by atoms with Crippen molar-refractivity contribution < 1.29 is 33.6 Å². The zero-order valence-corrected chi connectivity index (χ0v) is 36.1. The van der Waals surface area contributed by atoms with E-state index in [1.165, 1.54) is 38.6 Å². The lowest BCUT2D eigenvalue weighted by Gasteiger charge is -2.47. The van der Waals surface area contributed by atoms with Gasteiger partial charge in [-0.2, -0.15) is 0 Å². The molecule has 10 atom stereocenters. The number of carbonyl (C=O) groups excluding carboxylic acids is 2. The second kappa shape index (κ2) is 21.2. The van der Waals surface area contributed by atoms with E-state index in [0.29, 0.717) is 18.8 Å². The molecule has 0 bridgehead atoms. The summed E-state index contributed by atoms with van der Waals surface area (Å²) in [7, 11) is 7.70. The second-order valence-electron chi connectivity index (χ2n) is 18.2. The van der Waals surface area contributed by atoms with Crippen molar-refractivity contribution in [2.24, 2.45) is 23.2 Å². The molecule has 0 radical (unpaired) electrons. The van der Waals surface area contributed by atoms with Crippen molar-refractivity contribution in [1.82, 2.24) is 14.7 Å². The van der Waals surface area contributed by atoms with E-state index in [1.54, 1.807) is 14.0 Å². The Morgan fingerprint density at radius 2 is 1.67 bits per heavy atom. The van der Waals surface area contributed by atoms with Crippen LogP contribution in [0.4, 0.5) is 0 Å². The molecule has 0 unspecified atom stereocenters. The molecule has 0 aliphatic carbocycles. The first-order valence-corrected chi connectivity index (χ1v) is 21.5. The predicted molar refractivity (Wildman–Crippen MR) is 219 cm³/mol. The van der Waals surface area contributed by atoms with Crippen molar-refractivity contribution in [1.29, 1.82) is 0 Å². The quantitative estimate of drug-likeness (QED) is 0.126. The van der Waals surface area contributed by atoms with Crippen LogP contribution in [0.25, 0.3) is 0 Å². The van der Waals surface area contributed by atoms with Gasteiger partial charge in [0.1, 0.15) is 18.1 Å². The zero-order valence-electron chi connectivity index (χ0n) is 36.1. The summed E-state index contributed by atoms with van der Waals surface area (Å²) in [6, 6.07) is 9.53. The van der Waals surface area contributed by atoms with Crippen molar-refractivity contribution in [2.75, 3.05) is 61.0 Å². The van der Waals surface area contributed by atoms with E-state index in [1.807, 2.05) is 70.1 Å². The van der Waals surface area contributed by atoms with E-state index < -0.39 is 41.4 Å². The van der Waals surface area contributed by atoms with Crippen LogP contribution >= 0.6 is 0 Å². The minimum Gasteiger partial charge on any atom is -0.463 e.